The Balaban J connectivity index is 0.000000134. The number of aryl methyl sites for hydroxylation is 2. The van der Waals surface area contributed by atoms with Gasteiger partial charge in [-0.15, -0.1) is 0 Å². The number of hydrogen-bond donors (Lipinski definition) is 1. The van der Waals surface area contributed by atoms with E-state index in [1.807, 2.05) is 31.2 Å². The van der Waals surface area contributed by atoms with E-state index >= 15 is 0 Å². The largest absolute Gasteiger partial charge is 0.398 e. The standard InChI is InChI=1S/C12H9N.C12H14.C11H10.C7H10/c13-11-7-9-5-1-3-8-4-2-6-10(11)12(8)9;1-4-6-12-8-7-10(3)9-11(12)5-2;1-9-6-7-10-4-2-3-5-11(10)8-9;1-7-5-3-2-4-6-7/h1-7H,13H2;4-9H,2H2,1,3H3;2-8H,1H3;2-3,5H,4,6H2,1H3/b;6-4-;;. The van der Waals surface area contributed by atoms with E-state index in [1.54, 1.807) is 0 Å². The summed E-state index contributed by atoms with van der Waals surface area (Å²) in [5, 5.41) is 5.21. The maximum absolute atomic E-state index is 5.90. The van der Waals surface area contributed by atoms with Crippen molar-refractivity contribution in [3.05, 3.63) is 167 Å². The van der Waals surface area contributed by atoms with E-state index in [9.17, 15) is 0 Å². The number of benzene rings is 5. The number of nitrogens with two attached hydrogens (primary N) is 1. The molecular formula is C42H43N. The molecule has 0 amide bonds. The maximum Gasteiger partial charge on any atom is 0.0400 e. The van der Waals surface area contributed by atoms with Crippen LogP contribution in [0.3, 0.4) is 0 Å². The lowest BCUT2D eigenvalue weighted by Crippen LogP contribution is -1.91. The van der Waals surface area contributed by atoms with E-state index in [4.69, 9.17) is 5.73 Å². The van der Waals surface area contributed by atoms with Gasteiger partial charge in [0.1, 0.15) is 0 Å². The van der Waals surface area contributed by atoms with Crippen LogP contribution in [0.25, 0.3) is 45.5 Å². The van der Waals surface area contributed by atoms with Gasteiger partial charge in [0, 0.05) is 11.3 Å². The minimum absolute atomic E-state index is 0.881. The number of hydrogen-bond acceptors (Lipinski definition) is 1. The van der Waals surface area contributed by atoms with Gasteiger partial charge < -0.3 is 5.73 Å². The van der Waals surface area contributed by atoms with Gasteiger partial charge in [0.2, 0.25) is 0 Å². The third-order valence-corrected chi connectivity index (χ3v) is 7.49. The van der Waals surface area contributed by atoms with Crippen LogP contribution in [-0.2, 0) is 0 Å². The number of allylic oxidation sites excluding steroid dienone is 5. The molecule has 2 aliphatic carbocycles. The zero-order chi connectivity index (χ0) is 30.6. The SMILES string of the molecule is C=Cc1cc(C)ccc1/C=C\C.CC1=CC=CCC1.Cc1ccc2ccccc2c1.NC1=Cc2cccc3cccc1c23. The molecule has 0 unspecified atom stereocenters. The molecule has 0 fully saturated rings. The van der Waals surface area contributed by atoms with Gasteiger partial charge >= 0.3 is 0 Å². The molecule has 0 radical (unpaired) electrons. The van der Waals surface area contributed by atoms with Crippen LogP contribution in [0.1, 0.15) is 60.1 Å². The van der Waals surface area contributed by atoms with Crippen molar-refractivity contribution in [2.45, 2.75) is 40.5 Å². The lowest BCUT2D eigenvalue weighted by atomic mass is 10.0. The van der Waals surface area contributed by atoms with E-state index in [0.717, 1.165) is 5.70 Å². The summed E-state index contributed by atoms with van der Waals surface area (Å²) < 4.78 is 0. The van der Waals surface area contributed by atoms with Crippen molar-refractivity contribution in [1.82, 2.24) is 0 Å². The number of fused-ring (bicyclic) bond motifs is 1. The highest BCUT2D eigenvalue weighted by molar-refractivity contribution is 6.08. The highest BCUT2D eigenvalue weighted by atomic mass is 14.6. The van der Waals surface area contributed by atoms with Gasteiger partial charge in [-0.25, -0.2) is 0 Å². The minimum atomic E-state index is 0.881. The molecule has 0 saturated carbocycles. The topological polar surface area (TPSA) is 26.0 Å². The molecule has 1 heteroatoms. The Morgan fingerprint density at radius 2 is 1.42 bits per heavy atom. The van der Waals surface area contributed by atoms with Crippen LogP contribution in [0.5, 0.6) is 0 Å². The highest BCUT2D eigenvalue weighted by Crippen LogP contribution is 2.33. The van der Waals surface area contributed by atoms with Crippen molar-refractivity contribution in [3.63, 3.8) is 0 Å². The Labute approximate surface area is 258 Å². The van der Waals surface area contributed by atoms with Gasteiger partial charge in [0.25, 0.3) is 0 Å². The van der Waals surface area contributed by atoms with Gasteiger partial charge in [-0.1, -0.05) is 157 Å². The van der Waals surface area contributed by atoms with Gasteiger partial charge in [-0.3, -0.25) is 0 Å². The fourth-order valence-electron chi connectivity index (χ4n) is 5.21. The average Bonchev–Trinajstić information content (AvgIpc) is 3.36. The molecule has 0 atom stereocenters. The zero-order valence-corrected chi connectivity index (χ0v) is 26.0. The molecule has 43 heavy (non-hydrogen) atoms. The fraction of sp³-hybridized carbons (Fsp3) is 0.143. The summed E-state index contributed by atoms with van der Waals surface area (Å²) >= 11 is 0. The normalized spacial score (nSPS) is 12.7. The van der Waals surface area contributed by atoms with Crippen LogP contribution in [0.15, 0.2) is 134 Å². The summed E-state index contributed by atoms with van der Waals surface area (Å²) in [5.41, 5.74) is 15.7. The summed E-state index contributed by atoms with van der Waals surface area (Å²) in [6, 6.07) is 33.8. The third kappa shape index (κ3) is 8.56. The smallest absolute Gasteiger partial charge is 0.0400 e. The lowest BCUT2D eigenvalue weighted by molar-refractivity contribution is 0.962. The second-order valence-electron chi connectivity index (χ2n) is 11.0. The fourth-order valence-corrected chi connectivity index (χ4v) is 5.21. The van der Waals surface area contributed by atoms with E-state index in [2.05, 4.69) is 143 Å². The third-order valence-electron chi connectivity index (χ3n) is 7.49. The van der Waals surface area contributed by atoms with Gasteiger partial charge in [-0.2, -0.15) is 0 Å². The molecule has 2 N–H and O–H groups in total. The van der Waals surface area contributed by atoms with Crippen molar-refractivity contribution < 1.29 is 0 Å². The first-order valence-corrected chi connectivity index (χ1v) is 15.0. The summed E-state index contributed by atoms with van der Waals surface area (Å²) in [5.74, 6) is 0. The average molecular weight is 562 g/mol. The van der Waals surface area contributed by atoms with Gasteiger partial charge in [0.15, 0.2) is 0 Å². The number of rotatable bonds is 2. The summed E-state index contributed by atoms with van der Waals surface area (Å²) in [6.45, 7) is 12.2. The second-order valence-corrected chi connectivity index (χ2v) is 11.0. The molecule has 0 saturated heterocycles. The van der Waals surface area contributed by atoms with E-state index < -0.39 is 0 Å². The first-order chi connectivity index (χ1) is 20.9. The van der Waals surface area contributed by atoms with Crippen LogP contribution in [0, 0.1) is 13.8 Å². The van der Waals surface area contributed by atoms with Crippen molar-refractivity contribution in [1.29, 1.82) is 0 Å². The Morgan fingerprint density at radius 3 is 2.09 bits per heavy atom. The second kappa shape index (κ2) is 15.4. The predicted molar refractivity (Wildman–Crippen MR) is 193 cm³/mol. The summed E-state index contributed by atoms with van der Waals surface area (Å²) in [7, 11) is 0. The molecule has 0 heterocycles. The first-order valence-electron chi connectivity index (χ1n) is 15.0. The molecule has 0 aliphatic heterocycles. The molecule has 2 aliphatic rings. The molecule has 5 aromatic carbocycles. The molecular weight excluding hydrogens is 518 g/mol. The monoisotopic (exact) mass is 561 g/mol. The van der Waals surface area contributed by atoms with Crippen molar-refractivity contribution in [3.8, 4) is 0 Å². The van der Waals surface area contributed by atoms with E-state index in [-0.39, 0.29) is 0 Å². The minimum Gasteiger partial charge on any atom is -0.398 e. The molecule has 0 aromatic heterocycles. The lowest BCUT2D eigenvalue weighted by Gasteiger charge is -2.01. The maximum atomic E-state index is 5.90. The van der Waals surface area contributed by atoms with Crippen molar-refractivity contribution in [2.75, 3.05) is 0 Å². The van der Waals surface area contributed by atoms with Crippen LogP contribution < -0.4 is 5.73 Å². The zero-order valence-electron chi connectivity index (χ0n) is 26.0. The Kier molecular flexibility index (Phi) is 11.1. The van der Waals surface area contributed by atoms with Gasteiger partial charge in [-0.05, 0) is 84.8 Å². The van der Waals surface area contributed by atoms with E-state index in [1.165, 1.54) is 73.3 Å². The van der Waals surface area contributed by atoms with E-state index in [0.29, 0.717) is 0 Å². The summed E-state index contributed by atoms with van der Waals surface area (Å²) in [6.07, 6.45) is 17.1. The molecule has 0 spiro atoms. The van der Waals surface area contributed by atoms with Crippen molar-refractivity contribution in [2.24, 2.45) is 5.73 Å². The molecule has 1 nitrogen and oxygen atoms in total. The Morgan fingerprint density at radius 1 is 0.721 bits per heavy atom. The first kappa shape index (κ1) is 31.1. The van der Waals surface area contributed by atoms with Gasteiger partial charge in [0.05, 0.1) is 0 Å². The molecule has 216 valence electrons. The quantitative estimate of drug-likeness (QED) is 0.228. The van der Waals surface area contributed by atoms with Crippen LogP contribution >= 0.6 is 0 Å². The molecule has 0 bridgehead atoms. The van der Waals surface area contributed by atoms with Crippen molar-refractivity contribution >= 4 is 45.5 Å². The highest BCUT2D eigenvalue weighted by Gasteiger charge is 2.12. The Hall–Kier alpha value is -4.88. The molecule has 5 aromatic rings. The van der Waals surface area contributed by atoms with Crippen LogP contribution in [0.4, 0.5) is 0 Å². The molecule has 7 rings (SSSR count). The predicted octanol–water partition coefficient (Wildman–Crippen LogP) is 11.7. The Bertz CT molecular complexity index is 1820. The summed E-state index contributed by atoms with van der Waals surface area (Å²) in [4.78, 5) is 0. The van der Waals surface area contributed by atoms with Crippen LogP contribution in [0.2, 0.25) is 0 Å². The van der Waals surface area contributed by atoms with Crippen LogP contribution in [-0.4, -0.2) is 0 Å².